The fraction of sp³-hybridized carbons (Fsp3) is 0.143. The van der Waals surface area contributed by atoms with Crippen LogP contribution >= 0.6 is 11.6 Å². The number of aryl methyl sites for hydroxylation is 2. The van der Waals surface area contributed by atoms with E-state index in [0.717, 1.165) is 32.9 Å². The molecule has 2 aromatic carbocycles. The van der Waals surface area contributed by atoms with Crippen LogP contribution in [0.3, 0.4) is 0 Å². The van der Waals surface area contributed by atoms with Crippen molar-refractivity contribution < 1.29 is 10.4 Å². The zero-order chi connectivity index (χ0) is 13.7. The van der Waals surface area contributed by atoms with Gasteiger partial charge in [0.2, 0.25) is 0 Å². The van der Waals surface area contributed by atoms with Gasteiger partial charge in [0, 0.05) is 32.9 Å². The van der Waals surface area contributed by atoms with E-state index >= 15 is 0 Å². The summed E-state index contributed by atoms with van der Waals surface area (Å²) in [6.07, 6.45) is 0. The van der Waals surface area contributed by atoms with Crippen LogP contribution in [0.15, 0.2) is 24.3 Å². The van der Waals surface area contributed by atoms with Crippen LogP contribution in [-0.4, -0.2) is 10.2 Å². The largest absolute Gasteiger partial charge is 0.595 e. The van der Waals surface area contributed by atoms with E-state index in [4.69, 9.17) is 11.6 Å². The first-order chi connectivity index (χ1) is 8.99. The number of hydrogen-bond acceptors (Lipinski definition) is 2. The van der Waals surface area contributed by atoms with Gasteiger partial charge in [-0.1, -0.05) is 11.6 Å². The van der Waals surface area contributed by atoms with E-state index in [1.165, 1.54) is 0 Å². The number of halogens is 1. The number of rotatable bonds is 1. The van der Waals surface area contributed by atoms with Crippen LogP contribution in [-0.2, 0) is 0 Å². The van der Waals surface area contributed by atoms with Crippen LogP contribution in [0.2, 0.25) is 5.02 Å². The lowest BCUT2D eigenvalue weighted by atomic mass is 10.0. The highest BCUT2D eigenvalue weighted by atomic mass is 35.5. The summed E-state index contributed by atoms with van der Waals surface area (Å²) in [5, 5.41) is 22.2. The molecule has 0 spiro atoms. The molecule has 0 saturated heterocycles. The normalized spacial score (nSPS) is 13.3. The molecule has 1 unspecified atom stereocenters. The number of fused-ring (bicyclic) bond motifs is 3. The fourth-order valence-corrected chi connectivity index (χ4v) is 2.78. The van der Waals surface area contributed by atoms with E-state index < -0.39 is 5.23 Å². The van der Waals surface area contributed by atoms with Gasteiger partial charge in [0.05, 0.1) is 5.52 Å². The number of aromatic amines is 1. The Kier molecular flexibility index (Phi) is 2.76. The van der Waals surface area contributed by atoms with Gasteiger partial charge in [-0.2, -0.15) is 5.23 Å². The van der Waals surface area contributed by atoms with Crippen molar-refractivity contribution in [1.82, 2.24) is 4.98 Å². The first-order valence-corrected chi connectivity index (χ1v) is 6.31. The highest BCUT2D eigenvalue weighted by molar-refractivity contribution is 6.32. The number of aromatic nitrogens is 1. The minimum absolute atomic E-state index is 0.339. The Bertz CT molecular complexity index is 793. The zero-order valence-corrected chi connectivity index (χ0v) is 11.3. The lowest BCUT2D eigenvalue weighted by molar-refractivity contribution is -0.991. The highest BCUT2D eigenvalue weighted by Crippen LogP contribution is 2.34. The van der Waals surface area contributed by atoms with E-state index in [1.54, 1.807) is 6.07 Å². The summed E-state index contributed by atoms with van der Waals surface area (Å²) >= 11 is 6.04. The molecule has 5 heteroatoms. The van der Waals surface area contributed by atoms with E-state index in [0.29, 0.717) is 10.7 Å². The molecule has 3 rings (SSSR count). The average molecular weight is 277 g/mol. The molecule has 0 saturated carbocycles. The molecule has 1 heterocycles. The van der Waals surface area contributed by atoms with Crippen molar-refractivity contribution in [2.45, 2.75) is 13.8 Å². The van der Waals surface area contributed by atoms with Gasteiger partial charge in [0.1, 0.15) is 0 Å². The summed E-state index contributed by atoms with van der Waals surface area (Å²) in [4.78, 5) is 3.33. The molecule has 1 aromatic heterocycles. The van der Waals surface area contributed by atoms with Gasteiger partial charge in [-0.3, -0.25) is 0 Å². The third-order valence-corrected chi connectivity index (χ3v) is 3.76. The topological polar surface area (TPSA) is 63.5 Å². The molecule has 0 radical (unpaired) electrons. The summed E-state index contributed by atoms with van der Waals surface area (Å²) in [5.74, 6) is 0. The van der Waals surface area contributed by atoms with Gasteiger partial charge < -0.3 is 10.2 Å². The quantitative estimate of drug-likeness (QED) is 0.598. The van der Waals surface area contributed by atoms with Crippen LogP contribution < -0.4 is 5.23 Å². The SMILES string of the molecule is Cc1cc([NH+]([O-])O)c(C)c2c1[nH]c1ccc(Cl)cc12. The number of quaternary nitrogens is 1. The molecule has 0 bridgehead atoms. The maximum Gasteiger partial charge on any atom is 0.167 e. The Balaban J connectivity index is 2.54. The number of hydrogen-bond donors (Lipinski definition) is 3. The monoisotopic (exact) mass is 276 g/mol. The highest BCUT2D eigenvalue weighted by Gasteiger charge is 2.16. The Labute approximate surface area is 114 Å². The number of nitrogens with one attached hydrogen (secondary N) is 2. The first-order valence-electron chi connectivity index (χ1n) is 5.93. The van der Waals surface area contributed by atoms with E-state index in [-0.39, 0.29) is 0 Å². The summed E-state index contributed by atoms with van der Waals surface area (Å²) in [6, 6.07) is 7.31. The second kappa shape index (κ2) is 4.21. The molecule has 0 aliphatic carbocycles. The lowest BCUT2D eigenvalue weighted by Gasteiger charge is -2.15. The predicted molar refractivity (Wildman–Crippen MR) is 76.1 cm³/mol. The molecule has 1 atom stereocenters. The standard InChI is InChI=1S/C14H13ClN2O2/c1-7-5-12(17(18)19)8(2)13-10-6-9(15)3-4-11(10)16-14(7)13/h3-6,16-18H,1-2H3. The van der Waals surface area contributed by atoms with Crippen molar-refractivity contribution in [2.75, 3.05) is 0 Å². The maximum atomic E-state index is 11.3. The third-order valence-electron chi connectivity index (χ3n) is 3.53. The molecule has 4 nitrogen and oxygen atoms in total. The molecule has 0 amide bonds. The van der Waals surface area contributed by atoms with Crippen molar-refractivity contribution in [1.29, 1.82) is 0 Å². The molecule has 19 heavy (non-hydrogen) atoms. The summed E-state index contributed by atoms with van der Waals surface area (Å²) in [5.41, 5.74) is 3.96. The van der Waals surface area contributed by atoms with Gasteiger partial charge in [-0.05, 0) is 37.6 Å². The molecule has 0 aliphatic heterocycles. The van der Waals surface area contributed by atoms with Crippen LogP contribution in [0.25, 0.3) is 21.8 Å². The van der Waals surface area contributed by atoms with Gasteiger partial charge in [0.25, 0.3) is 0 Å². The van der Waals surface area contributed by atoms with E-state index in [9.17, 15) is 10.4 Å². The van der Waals surface area contributed by atoms with E-state index in [1.807, 2.05) is 32.0 Å². The molecule has 3 N–H and O–H groups in total. The molecule has 3 aromatic rings. The number of benzene rings is 2. The van der Waals surface area contributed by atoms with Gasteiger partial charge in [-0.25, -0.2) is 5.21 Å². The van der Waals surface area contributed by atoms with Crippen LogP contribution in [0, 0.1) is 19.1 Å². The molecule has 98 valence electrons. The maximum absolute atomic E-state index is 11.3. The Morgan fingerprint density at radius 2 is 2.00 bits per heavy atom. The van der Waals surface area contributed by atoms with Crippen LogP contribution in [0.4, 0.5) is 5.69 Å². The van der Waals surface area contributed by atoms with Gasteiger partial charge in [0.15, 0.2) is 5.69 Å². The average Bonchev–Trinajstić information content (AvgIpc) is 2.72. The smallest absolute Gasteiger partial charge is 0.167 e. The molecule has 0 aliphatic rings. The van der Waals surface area contributed by atoms with Crippen molar-refractivity contribution in [3.8, 4) is 0 Å². The lowest BCUT2D eigenvalue weighted by Crippen LogP contribution is -2.99. The number of H-pyrrole nitrogens is 1. The third kappa shape index (κ3) is 1.81. The fourth-order valence-electron chi connectivity index (χ4n) is 2.60. The Morgan fingerprint density at radius 3 is 2.68 bits per heavy atom. The minimum atomic E-state index is -0.904. The summed E-state index contributed by atoms with van der Waals surface area (Å²) in [6.45, 7) is 3.74. The van der Waals surface area contributed by atoms with Gasteiger partial charge >= 0.3 is 0 Å². The summed E-state index contributed by atoms with van der Waals surface area (Å²) in [7, 11) is 0. The second-order valence-electron chi connectivity index (χ2n) is 4.74. The van der Waals surface area contributed by atoms with Gasteiger partial charge in [-0.15, -0.1) is 0 Å². The molecular formula is C14H13ClN2O2. The van der Waals surface area contributed by atoms with Crippen LogP contribution in [0.5, 0.6) is 0 Å². The summed E-state index contributed by atoms with van der Waals surface area (Å²) < 4.78 is 0. The Hall–Kier alpha value is -1.59. The van der Waals surface area contributed by atoms with Crippen LogP contribution in [0.1, 0.15) is 11.1 Å². The molecule has 0 fully saturated rings. The first kappa shape index (κ1) is 12.4. The van der Waals surface area contributed by atoms with Crippen molar-refractivity contribution in [3.05, 3.63) is 45.6 Å². The minimum Gasteiger partial charge on any atom is -0.595 e. The van der Waals surface area contributed by atoms with Crippen molar-refractivity contribution in [3.63, 3.8) is 0 Å². The van der Waals surface area contributed by atoms with Crippen molar-refractivity contribution >= 4 is 39.1 Å². The van der Waals surface area contributed by atoms with Crippen molar-refractivity contribution in [2.24, 2.45) is 0 Å². The molecular weight excluding hydrogens is 264 g/mol. The second-order valence-corrected chi connectivity index (χ2v) is 5.17. The predicted octanol–water partition coefficient (Wildman–Crippen LogP) is 2.99. The Morgan fingerprint density at radius 1 is 1.26 bits per heavy atom. The van der Waals surface area contributed by atoms with E-state index in [2.05, 4.69) is 4.98 Å². The zero-order valence-electron chi connectivity index (χ0n) is 10.5.